The lowest BCUT2D eigenvalue weighted by Crippen LogP contribution is -2.32. The van der Waals surface area contributed by atoms with Gasteiger partial charge in [-0.15, -0.1) is 0 Å². The lowest BCUT2D eigenvalue weighted by molar-refractivity contribution is -0.144. The molecule has 0 aliphatic carbocycles. The number of hydrogen-bond acceptors (Lipinski definition) is 6. The molecule has 6 nitrogen and oxygen atoms in total. The molecule has 1 aromatic heterocycles. The number of fused-ring (bicyclic) bond motifs is 1. The van der Waals surface area contributed by atoms with Crippen LogP contribution in [0.25, 0.3) is 11.0 Å². The molecule has 0 N–H and O–H groups in total. The van der Waals surface area contributed by atoms with E-state index in [2.05, 4.69) is 16.0 Å². The molecular weight excluding hydrogens is 328 g/mol. The van der Waals surface area contributed by atoms with Gasteiger partial charge in [-0.3, -0.25) is 4.79 Å². The SMILES string of the molecule is CCCCOC(=O)C(C#N)c1nc2ccccc2nc1N1CCCCC1. The fourth-order valence-electron chi connectivity index (χ4n) is 3.16. The zero-order valence-corrected chi connectivity index (χ0v) is 15.1. The molecule has 6 heteroatoms. The van der Waals surface area contributed by atoms with Crippen LogP contribution in [0.5, 0.6) is 0 Å². The molecule has 136 valence electrons. The van der Waals surface area contributed by atoms with Crippen molar-refractivity contribution >= 4 is 22.8 Å². The van der Waals surface area contributed by atoms with Gasteiger partial charge in [0, 0.05) is 13.1 Å². The minimum atomic E-state index is -1.05. The van der Waals surface area contributed by atoms with E-state index in [1.807, 2.05) is 31.2 Å². The van der Waals surface area contributed by atoms with E-state index < -0.39 is 11.9 Å². The van der Waals surface area contributed by atoms with Crippen molar-refractivity contribution in [2.24, 2.45) is 0 Å². The Labute approximate surface area is 153 Å². The second-order valence-electron chi connectivity index (χ2n) is 6.55. The maximum Gasteiger partial charge on any atom is 0.329 e. The van der Waals surface area contributed by atoms with E-state index in [4.69, 9.17) is 9.72 Å². The molecule has 2 heterocycles. The highest BCUT2D eigenvalue weighted by Gasteiger charge is 2.30. The van der Waals surface area contributed by atoms with Gasteiger partial charge in [0.1, 0.15) is 5.69 Å². The molecule has 0 radical (unpaired) electrons. The molecule has 1 aliphatic rings. The number of piperidine rings is 1. The van der Waals surface area contributed by atoms with Crippen LogP contribution < -0.4 is 4.90 Å². The smallest absolute Gasteiger partial charge is 0.329 e. The molecular formula is C20H24N4O2. The lowest BCUT2D eigenvalue weighted by Gasteiger charge is -2.29. The summed E-state index contributed by atoms with van der Waals surface area (Å²) in [5.74, 6) is -0.952. The third kappa shape index (κ3) is 3.93. The number of hydrogen-bond donors (Lipinski definition) is 0. The van der Waals surface area contributed by atoms with Crippen LogP contribution in [-0.4, -0.2) is 35.6 Å². The van der Waals surface area contributed by atoms with Crippen molar-refractivity contribution in [2.45, 2.75) is 44.9 Å². The van der Waals surface area contributed by atoms with Crippen LogP contribution in [0.1, 0.15) is 50.6 Å². The molecule has 0 saturated carbocycles. The van der Waals surface area contributed by atoms with E-state index in [-0.39, 0.29) is 0 Å². The van der Waals surface area contributed by atoms with Gasteiger partial charge >= 0.3 is 5.97 Å². The third-order valence-corrected chi connectivity index (χ3v) is 4.61. The number of unbranched alkanes of at least 4 members (excludes halogenated alkanes) is 1. The highest BCUT2D eigenvalue weighted by atomic mass is 16.5. The van der Waals surface area contributed by atoms with Crippen LogP contribution in [0.3, 0.4) is 0 Å². The number of para-hydroxylation sites is 2. The van der Waals surface area contributed by atoms with Gasteiger partial charge in [0.05, 0.1) is 23.7 Å². The Balaban J connectivity index is 2.00. The molecule has 1 aliphatic heterocycles. The summed E-state index contributed by atoms with van der Waals surface area (Å²) >= 11 is 0. The largest absolute Gasteiger partial charge is 0.464 e. The summed E-state index contributed by atoms with van der Waals surface area (Å²) in [4.78, 5) is 24.0. The first kappa shape index (κ1) is 18.1. The standard InChI is InChI=1S/C20H24N4O2/c1-2-3-13-26-20(25)15(14-21)18-19(24-11-7-4-8-12-24)23-17-10-6-5-9-16(17)22-18/h5-6,9-10,15H,2-4,7-8,11-13H2,1H3. The average Bonchev–Trinajstić information content (AvgIpc) is 2.69. The number of rotatable bonds is 6. The Bertz CT molecular complexity index is 809. The van der Waals surface area contributed by atoms with Gasteiger partial charge in [-0.1, -0.05) is 25.5 Å². The summed E-state index contributed by atoms with van der Waals surface area (Å²) in [5.41, 5.74) is 1.87. The topological polar surface area (TPSA) is 79.1 Å². The van der Waals surface area contributed by atoms with Gasteiger partial charge in [-0.05, 0) is 37.8 Å². The zero-order valence-electron chi connectivity index (χ0n) is 15.1. The summed E-state index contributed by atoms with van der Waals surface area (Å²) in [6.07, 6.45) is 5.05. The van der Waals surface area contributed by atoms with Crippen LogP contribution in [0.15, 0.2) is 24.3 Å². The Morgan fingerprint density at radius 1 is 1.23 bits per heavy atom. The lowest BCUT2D eigenvalue weighted by atomic mass is 10.0. The number of ether oxygens (including phenoxy) is 1. The number of carbonyl (C=O) groups excluding carboxylic acids is 1. The molecule has 3 rings (SSSR count). The van der Waals surface area contributed by atoms with Crippen molar-refractivity contribution in [2.75, 3.05) is 24.6 Å². The second kappa shape index (κ2) is 8.61. The average molecular weight is 352 g/mol. The number of nitrogens with zero attached hydrogens (tertiary/aromatic N) is 4. The van der Waals surface area contributed by atoms with Gasteiger partial charge in [-0.25, -0.2) is 9.97 Å². The van der Waals surface area contributed by atoms with E-state index in [1.165, 1.54) is 6.42 Å². The molecule has 1 atom stereocenters. The first-order valence-corrected chi connectivity index (χ1v) is 9.32. The van der Waals surface area contributed by atoms with E-state index >= 15 is 0 Å². The van der Waals surface area contributed by atoms with Crippen LogP contribution in [0.4, 0.5) is 5.82 Å². The summed E-state index contributed by atoms with van der Waals surface area (Å²) < 4.78 is 5.30. The molecule has 0 amide bonds. The fraction of sp³-hybridized carbons (Fsp3) is 0.500. The van der Waals surface area contributed by atoms with E-state index in [1.54, 1.807) is 0 Å². The molecule has 1 unspecified atom stereocenters. The van der Waals surface area contributed by atoms with Crippen LogP contribution >= 0.6 is 0 Å². The van der Waals surface area contributed by atoms with Crippen molar-refractivity contribution < 1.29 is 9.53 Å². The van der Waals surface area contributed by atoms with Crippen molar-refractivity contribution in [3.63, 3.8) is 0 Å². The molecule has 0 spiro atoms. The first-order valence-electron chi connectivity index (χ1n) is 9.32. The molecule has 2 aromatic rings. The van der Waals surface area contributed by atoms with Crippen LogP contribution in [0, 0.1) is 11.3 Å². The van der Waals surface area contributed by atoms with E-state index in [9.17, 15) is 10.1 Å². The first-order chi connectivity index (χ1) is 12.7. The highest BCUT2D eigenvalue weighted by molar-refractivity contribution is 5.85. The number of carbonyl (C=O) groups is 1. The third-order valence-electron chi connectivity index (χ3n) is 4.61. The Morgan fingerprint density at radius 2 is 1.92 bits per heavy atom. The van der Waals surface area contributed by atoms with Crippen LogP contribution in [0.2, 0.25) is 0 Å². The molecule has 1 saturated heterocycles. The highest BCUT2D eigenvalue weighted by Crippen LogP contribution is 2.29. The van der Waals surface area contributed by atoms with Gasteiger partial charge in [0.2, 0.25) is 0 Å². The molecule has 26 heavy (non-hydrogen) atoms. The van der Waals surface area contributed by atoms with Crippen molar-refractivity contribution in [3.05, 3.63) is 30.0 Å². The predicted molar refractivity (Wildman–Crippen MR) is 99.8 cm³/mol. The Morgan fingerprint density at radius 3 is 2.58 bits per heavy atom. The minimum Gasteiger partial charge on any atom is -0.464 e. The summed E-state index contributed by atoms with van der Waals surface area (Å²) in [6, 6.07) is 9.63. The molecule has 1 fully saturated rings. The number of anilines is 1. The quantitative estimate of drug-likeness (QED) is 0.584. The maximum atomic E-state index is 12.5. The predicted octanol–water partition coefficient (Wildman–Crippen LogP) is 3.57. The number of aromatic nitrogens is 2. The van der Waals surface area contributed by atoms with Crippen molar-refractivity contribution in [1.29, 1.82) is 5.26 Å². The van der Waals surface area contributed by atoms with Gasteiger partial charge in [-0.2, -0.15) is 5.26 Å². The maximum absolute atomic E-state index is 12.5. The number of nitriles is 1. The van der Waals surface area contributed by atoms with Gasteiger partial charge in [0.25, 0.3) is 0 Å². The van der Waals surface area contributed by atoms with Crippen LogP contribution in [-0.2, 0) is 9.53 Å². The summed E-state index contributed by atoms with van der Waals surface area (Å²) in [7, 11) is 0. The summed E-state index contributed by atoms with van der Waals surface area (Å²) in [6.45, 7) is 4.08. The number of esters is 1. The molecule has 1 aromatic carbocycles. The van der Waals surface area contributed by atoms with E-state index in [0.717, 1.165) is 44.3 Å². The Kier molecular flexibility index (Phi) is 6.00. The van der Waals surface area contributed by atoms with Crippen molar-refractivity contribution in [3.8, 4) is 6.07 Å². The second-order valence-corrected chi connectivity index (χ2v) is 6.55. The Hall–Kier alpha value is -2.68. The van der Waals surface area contributed by atoms with Gasteiger partial charge < -0.3 is 9.64 Å². The normalized spacial score (nSPS) is 15.5. The minimum absolute atomic E-state index is 0.327. The molecule has 0 bridgehead atoms. The fourth-order valence-corrected chi connectivity index (χ4v) is 3.16. The van der Waals surface area contributed by atoms with Crippen molar-refractivity contribution in [1.82, 2.24) is 9.97 Å². The monoisotopic (exact) mass is 352 g/mol. The zero-order chi connectivity index (χ0) is 18.4. The number of benzene rings is 1. The van der Waals surface area contributed by atoms with Gasteiger partial charge in [0.15, 0.2) is 11.7 Å². The summed E-state index contributed by atoms with van der Waals surface area (Å²) in [5, 5.41) is 9.66. The van der Waals surface area contributed by atoms with E-state index in [0.29, 0.717) is 23.6 Å².